The van der Waals surface area contributed by atoms with Crippen LogP contribution in [0.4, 0.5) is 11.5 Å². The minimum absolute atomic E-state index is 0.332. The van der Waals surface area contributed by atoms with Crippen LogP contribution in [-0.2, 0) is 4.74 Å². The molecule has 0 aliphatic carbocycles. The first-order valence-electron chi connectivity index (χ1n) is 7.37. The molecule has 1 saturated heterocycles. The van der Waals surface area contributed by atoms with Crippen LogP contribution in [0.2, 0.25) is 0 Å². The summed E-state index contributed by atoms with van der Waals surface area (Å²) in [4.78, 5) is 20.6. The molecule has 2 N–H and O–H groups in total. The number of pyridine rings is 1. The lowest BCUT2D eigenvalue weighted by Crippen LogP contribution is -2.37. The van der Waals surface area contributed by atoms with Crippen molar-refractivity contribution in [3.63, 3.8) is 0 Å². The normalized spacial score (nSPS) is 18.7. The van der Waals surface area contributed by atoms with E-state index in [4.69, 9.17) is 10.5 Å². The highest BCUT2D eigenvalue weighted by Gasteiger charge is 2.23. The molecule has 0 spiro atoms. The Morgan fingerprint density at radius 1 is 1.62 bits per heavy atom. The van der Waals surface area contributed by atoms with E-state index in [1.165, 1.54) is 19.0 Å². The molecule has 0 amide bonds. The zero-order valence-corrected chi connectivity index (χ0v) is 13.0. The van der Waals surface area contributed by atoms with Gasteiger partial charge in [-0.05, 0) is 39.4 Å². The van der Waals surface area contributed by atoms with Crippen LogP contribution in [0.15, 0.2) is 12.3 Å². The third-order valence-corrected chi connectivity index (χ3v) is 3.96. The Kier molecular flexibility index (Phi) is 5.01. The minimum atomic E-state index is -0.398. The predicted molar refractivity (Wildman–Crippen MR) is 83.5 cm³/mol. The summed E-state index contributed by atoms with van der Waals surface area (Å²) >= 11 is 0. The highest BCUT2D eigenvalue weighted by Crippen LogP contribution is 2.21. The smallest absolute Gasteiger partial charge is 0.340 e. The third-order valence-electron chi connectivity index (χ3n) is 3.96. The van der Waals surface area contributed by atoms with E-state index < -0.39 is 5.97 Å². The van der Waals surface area contributed by atoms with Crippen LogP contribution < -0.4 is 10.6 Å². The second-order valence-corrected chi connectivity index (χ2v) is 5.51. The molecule has 0 bridgehead atoms. The Morgan fingerprint density at radius 3 is 3.00 bits per heavy atom. The molecule has 1 aliphatic heterocycles. The van der Waals surface area contributed by atoms with E-state index in [0.29, 0.717) is 23.9 Å². The number of nitrogens with zero attached hydrogens (tertiary/aromatic N) is 3. The van der Waals surface area contributed by atoms with Gasteiger partial charge in [0, 0.05) is 19.6 Å². The molecule has 1 atom stereocenters. The lowest BCUT2D eigenvalue weighted by molar-refractivity contribution is 0.0527. The first kappa shape index (κ1) is 15.6. The molecule has 6 nitrogen and oxygen atoms in total. The van der Waals surface area contributed by atoms with Crippen molar-refractivity contribution >= 4 is 17.5 Å². The van der Waals surface area contributed by atoms with Gasteiger partial charge in [-0.15, -0.1) is 0 Å². The number of esters is 1. The maximum atomic E-state index is 11.9. The van der Waals surface area contributed by atoms with Crippen LogP contribution in [0.3, 0.4) is 0 Å². The van der Waals surface area contributed by atoms with Gasteiger partial charge in [0.15, 0.2) is 0 Å². The molecule has 21 heavy (non-hydrogen) atoms. The maximum absolute atomic E-state index is 11.9. The van der Waals surface area contributed by atoms with Gasteiger partial charge in [-0.2, -0.15) is 0 Å². The van der Waals surface area contributed by atoms with Crippen molar-refractivity contribution in [3.05, 3.63) is 17.8 Å². The quantitative estimate of drug-likeness (QED) is 0.827. The highest BCUT2D eigenvalue weighted by molar-refractivity contribution is 5.95. The predicted octanol–water partition coefficient (Wildman–Crippen LogP) is 1.37. The second kappa shape index (κ2) is 6.76. The van der Waals surface area contributed by atoms with Crippen LogP contribution >= 0.6 is 0 Å². The molecule has 1 unspecified atom stereocenters. The molecule has 1 aliphatic rings. The topological polar surface area (TPSA) is 71.7 Å². The highest BCUT2D eigenvalue weighted by atomic mass is 16.5. The monoisotopic (exact) mass is 292 g/mol. The summed E-state index contributed by atoms with van der Waals surface area (Å²) < 4.78 is 5.02. The average Bonchev–Trinajstić information content (AvgIpc) is 2.85. The summed E-state index contributed by atoms with van der Waals surface area (Å²) in [5.74, 6) is 0.345. The van der Waals surface area contributed by atoms with Gasteiger partial charge in [0.1, 0.15) is 5.82 Å². The fraction of sp³-hybridized carbons (Fsp3) is 0.600. The number of hydrogen-bond donors (Lipinski definition) is 1. The first-order chi connectivity index (χ1) is 10.0. The van der Waals surface area contributed by atoms with E-state index in [0.717, 1.165) is 18.9 Å². The molecular formula is C15H24N4O2. The summed E-state index contributed by atoms with van der Waals surface area (Å²) in [6.45, 7) is 4.13. The first-order valence-corrected chi connectivity index (χ1v) is 7.37. The van der Waals surface area contributed by atoms with Crippen molar-refractivity contribution in [1.29, 1.82) is 0 Å². The Hall–Kier alpha value is -1.82. The number of nitrogens with two attached hydrogens (primary N) is 1. The zero-order valence-electron chi connectivity index (χ0n) is 13.0. The number of anilines is 2. The van der Waals surface area contributed by atoms with Gasteiger partial charge >= 0.3 is 5.97 Å². The van der Waals surface area contributed by atoms with Gasteiger partial charge in [0.05, 0.1) is 24.1 Å². The largest absolute Gasteiger partial charge is 0.462 e. The van der Waals surface area contributed by atoms with Crippen LogP contribution in [0.25, 0.3) is 0 Å². The molecular weight excluding hydrogens is 268 g/mol. The van der Waals surface area contributed by atoms with E-state index >= 15 is 0 Å². The fourth-order valence-electron chi connectivity index (χ4n) is 2.67. The Bertz CT molecular complexity index is 506. The lowest BCUT2D eigenvalue weighted by atomic mass is 10.2. The number of ether oxygens (including phenoxy) is 1. The number of carbonyl (C=O) groups is 1. The van der Waals surface area contributed by atoms with E-state index in [9.17, 15) is 4.79 Å². The van der Waals surface area contributed by atoms with Crippen LogP contribution in [0.1, 0.15) is 30.1 Å². The van der Waals surface area contributed by atoms with Crippen molar-refractivity contribution in [3.8, 4) is 0 Å². The van der Waals surface area contributed by atoms with E-state index in [1.54, 1.807) is 13.0 Å². The van der Waals surface area contributed by atoms with E-state index in [2.05, 4.69) is 21.8 Å². The zero-order chi connectivity index (χ0) is 15.4. The van der Waals surface area contributed by atoms with Crippen LogP contribution in [0.5, 0.6) is 0 Å². The van der Waals surface area contributed by atoms with E-state index in [-0.39, 0.29) is 0 Å². The molecule has 2 rings (SSSR count). The van der Waals surface area contributed by atoms with Crippen LogP contribution in [-0.4, -0.2) is 55.7 Å². The average molecular weight is 292 g/mol. The van der Waals surface area contributed by atoms with Gasteiger partial charge in [-0.1, -0.05) is 0 Å². The van der Waals surface area contributed by atoms with Gasteiger partial charge in [0.2, 0.25) is 0 Å². The summed E-state index contributed by atoms with van der Waals surface area (Å²) in [7, 11) is 4.13. The van der Waals surface area contributed by atoms with Crippen molar-refractivity contribution in [2.75, 3.05) is 44.4 Å². The summed E-state index contributed by atoms with van der Waals surface area (Å²) in [5.41, 5.74) is 6.55. The van der Waals surface area contributed by atoms with E-state index in [1.807, 2.05) is 7.05 Å². The van der Waals surface area contributed by atoms with Gasteiger partial charge in [-0.25, -0.2) is 9.78 Å². The molecule has 116 valence electrons. The van der Waals surface area contributed by atoms with Crippen molar-refractivity contribution in [2.45, 2.75) is 25.8 Å². The standard InChI is InChI=1S/C15H24N4O2/c1-4-21-15(20)12-8-14(17-9-13(12)16)19(3)10-11-6-5-7-18(11)2/h8-9,11H,4-7,10,16H2,1-3H3. The molecule has 6 heteroatoms. The van der Waals surface area contributed by atoms with Gasteiger partial charge in [0.25, 0.3) is 0 Å². The maximum Gasteiger partial charge on any atom is 0.340 e. The van der Waals surface area contributed by atoms with Crippen molar-refractivity contribution < 1.29 is 9.53 Å². The van der Waals surface area contributed by atoms with Crippen molar-refractivity contribution in [1.82, 2.24) is 9.88 Å². The van der Waals surface area contributed by atoms with Crippen LogP contribution in [0, 0.1) is 0 Å². The Labute approximate surface area is 125 Å². The summed E-state index contributed by atoms with van der Waals surface area (Å²) in [6, 6.07) is 2.24. The molecule has 0 radical (unpaired) electrons. The molecule has 1 aromatic heterocycles. The lowest BCUT2D eigenvalue weighted by Gasteiger charge is -2.26. The fourth-order valence-corrected chi connectivity index (χ4v) is 2.67. The number of hydrogen-bond acceptors (Lipinski definition) is 6. The molecule has 1 fully saturated rings. The number of rotatable bonds is 5. The summed E-state index contributed by atoms with van der Waals surface area (Å²) in [5, 5.41) is 0. The number of likely N-dealkylation sites (tertiary alicyclic amines) is 1. The number of aromatic nitrogens is 1. The molecule has 0 aromatic carbocycles. The molecule has 0 saturated carbocycles. The Morgan fingerprint density at radius 2 is 2.38 bits per heavy atom. The second-order valence-electron chi connectivity index (χ2n) is 5.51. The number of carbonyl (C=O) groups excluding carboxylic acids is 1. The number of nitrogen functional groups attached to an aromatic ring is 1. The SMILES string of the molecule is CCOC(=O)c1cc(N(C)CC2CCCN2C)ncc1N. The van der Waals surface area contributed by atoms with Gasteiger partial charge < -0.3 is 20.3 Å². The Balaban J connectivity index is 2.12. The third kappa shape index (κ3) is 3.64. The number of likely N-dealkylation sites (N-methyl/N-ethyl adjacent to an activating group) is 2. The van der Waals surface area contributed by atoms with Gasteiger partial charge in [-0.3, -0.25) is 0 Å². The molecule has 1 aromatic rings. The summed E-state index contributed by atoms with van der Waals surface area (Å²) in [6.07, 6.45) is 3.95. The molecule has 2 heterocycles. The minimum Gasteiger partial charge on any atom is -0.462 e. The van der Waals surface area contributed by atoms with Crippen molar-refractivity contribution in [2.24, 2.45) is 0 Å².